The van der Waals surface area contributed by atoms with Gasteiger partial charge in [-0.05, 0) is 49.1 Å². The summed E-state index contributed by atoms with van der Waals surface area (Å²) in [5.74, 6) is 0.126. The van der Waals surface area contributed by atoms with Crippen molar-refractivity contribution in [2.24, 2.45) is 12.2 Å². The van der Waals surface area contributed by atoms with Gasteiger partial charge in [-0.25, -0.2) is 23.2 Å². The molecule has 0 saturated heterocycles. The fourth-order valence-corrected chi connectivity index (χ4v) is 4.14. The van der Waals surface area contributed by atoms with Gasteiger partial charge in [0.25, 0.3) is 0 Å². The second-order valence-corrected chi connectivity index (χ2v) is 8.80. The van der Waals surface area contributed by atoms with E-state index >= 15 is 0 Å². The number of nitrogens with one attached hydrogen (secondary N) is 1. The predicted molar refractivity (Wildman–Crippen MR) is 115 cm³/mol. The number of sulfonamides is 1. The molecular formula is C20H25N5O4S. The number of rotatable bonds is 7. The molecule has 3 rings (SSSR count). The van der Waals surface area contributed by atoms with E-state index in [4.69, 9.17) is 9.88 Å². The smallest absolute Gasteiger partial charge is 0.242 e. The molecule has 2 heterocycles. The number of fused-ring (bicyclic) bond motifs is 1. The summed E-state index contributed by atoms with van der Waals surface area (Å²) >= 11 is 0. The minimum absolute atomic E-state index is 0.147. The molecule has 0 atom stereocenters. The molecule has 1 aromatic carbocycles. The van der Waals surface area contributed by atoms with Crippen LogP contribution in [-0.4, -0.2) is 36.2 Å². The number of anilines is 1. The fraction of sp³-hybridized carbons (Fsp3) is 0.350. The van der Waals surface area contributed by atoms with Crippen molar-refractivity contribution in [3.05, 3.63) is 46.6 Å². The molecule has 0 aliphatic carbocycles. The number of carbonyl (C=O) groups is 1. The van der Waals surface area contributed by atoms with Crippen LogP contribution in [0.15, 0.2) is 24.3 Å². The van der Waals surface area contributed by atoms with E-state index < -0.39 is 10.0 Å². The van der Waals surface area contributed by atoms with Crippen molar-refractivity contribution in [2.75, 3.05) is 12.4 Å². The summed E-state index contributed by atoms with van der Waals surface area (Å²) in [6, 6.07) is 6.56. The van der Waals surface area contributed by atoms with Gasteiger partial charge in [-0.3, -0.25) is 4.79 Å². The van der Waals surface area contributed by atoms with E-state index in [1.165, 1.54) is 0 Å². The van der Waals surface area contributed by atoms with Crippen LogP contribution in [0, 0.1) is 13.8 Å². The lowest BCUT2D eigenvalue weighted by Gasteiger charge is -2.11. The average molecular weight is 432 g/mol. The van der Waals surface area contributed by atoms with Crippen molar-refractivity contribution < 1.29 is 17.9 Å². The first-order valence-electron chi connectivity index (χ1n) is 9.35. The number of carbonyl (C=O) groups excluding carboxylic acids is 1. The summed E-state index contributed by atoms with van der Waals surface area (Å²) in [5, 5.41) is 13.1. The molecule has 0 radical (unpaired) electrons. The highest BCUT2D eigenvalue weighted by Gasteiger charge is 2.18. The van der Waals surface area contributed by atoms with Crippen molar-refractivity contribution >= 4 is 32.7 Å². The van der Waals surface area contributed by atoms with Gasteiger partial charge in [0, 0.05) is 24.8 Å². The normalized spacial score (nSPS) is 11.6. The van der Waals surface area contributed by atoms with Crippen LogP contribution >= 0.6 is 0 Å². The maximum absolute atomic E-state index is 12.4. The molecule has 0 saturated carbocycles. The molecule has 30 heavy (non-hydrogen) atoms. The number of hydrogen-bond acceptors (Lipinski definition) is 6. The van der Waals surface area contributed by atoms with Gasteiger partial charge in [-0.15, -0.1) is 5.10 Å². The lowest BCUT2D eigenvalue weighted by atomic mass is 10.00. The number of primary sulfonamides is 1. The Labute approximate surface area is 175 Å². The Hall–Kier alpha value is -2.98. The third-order valence-corrected chi connectivity index (χ3v) is 5.66. The van der Waals surface area contributed by atoms with Gasteiger partial charge < -0.3 is 10.1 Å². The highest BCUT2D eigenvalue weighted by atomic mass is 32.2. The summed E-state index contributed by atoms with van der Waals surface area (Å²) in [6.07, 6.45) is 0.796. The average Bonchev–Trinajstić information content (AvgIpc) is 2.98. The number of ether oxygens (including phenoxy) is 1. The van der Waals surface area contributed by atoms with Crippen molar-refractivity contribution in [3.63, 3.8) is 0 Å². The number of aryl methyl sites for hydroxylation is 3. The molecule has 0 aliphatic heterocycles. The van der Waals surface area contributed by atoms with Crippen molar-refractivity contribution in [1.29, 1.82) is 0 Å². The number of nitrogens with two attached hydrogens (primary N) is 1. The largest absolute Gasteiger partial charge is 0.479 e. The number of hydrogen-bond donors (Lipinski definition) is 2. The molecule has 9 nitrogen and oxygen atoms in total. The third-order valence-electron chi connectivity index (χ3n) is 4.92. The number of nitrogens with zero attached hydrogens (tertiary/aromatic N) is 3. The van der Waals surface area contributed by atoms with Crippen LogP contribution in [0.2, 0.25) is 0 Å². The molecule has 0 spiro atoms. The quantitative estimate of drug-likeness (QED) is 0.588. The fourth-order valence-electron chi connectivity index (χ4n) is 3.49. The minimum atomic E-state index is -3.59. The van der Waals surface area contributed by atoms with Gasteiger partial charge in [-0.2, -0.15) is 0 Å². The number of methoxy groups -OCH3 is 1. The van der Waals surface area contributed by atoms with Gasteiger partial charge >= 0.3 is 0 Å². The molecule has 0 bridgehead atoms. The first kappa shape index (κ1) is 21.7. The van der Waals surface area contributed by atoms with E-state index in [2.05, 4.69) is 15.4 Å². The monoisotopic (exact) mass is 431 g/mol. The Kier molecular flexibility index (Phi) is 6.09. The maximum Gasteiger partial charge on any atom is 0.242 e. The molecule has 2 aromatic heterocycles. The first-order chi connectivity index (χ1) is 14.1. The second-order valence-electron chi connectivity index (χ2n) is 7.18. The van der Waals surface area contributed by atoms with Gasteiger partial charge in [0.15, 0.2) is 5.65 Å². The van der Waals surface area contributed by atoms with Gasteiger partial charge in [0.05, 0.1) is 18.2 Å². The SMILES string of the molecule is COc1nn(C)c2nc(C)c(CCC(=O)Nc3ccc(CS(N)(=O)=O)cc3)c(C)c12. The van der Waals surface area contributed by atoms with Crippen molar-refractivity contribution in [1.82, 2.24) is 14.8 Å². The molecule has 0 aliphatic rings. The summed E-state index contributed by atoms with van der Waals surface area (Å²) < 4.78 is 29.4. The highest BCUT2D eigenvalue weighted by molar-refractivity contribution is 7.88. The number of aromatic nitrogens is 3. The molecule has 1 amide bonds. The Morgan fingerprint density at radius 3 is 2.50 bits per heavy atom. The number of pyridine rings is 1. The number of benzene rings is 1. The summed E-state index contributed by atoms with van der Waals surface area (Å²) in [5.41, 5.74) is 4.75. The Morgan fingerprint density at radius 2 is 1.90 bits per heavy atom. The zero-order valence-corrected chi connectivity index (χ0v) is 18.2. The third kappa shape index (κ3) is 4.77. The van der Waals surface area contributed by atoms with Crippen LogP contribution in [0.3, 0.4) is 0 Å². The minimum Gasteiger partial charge on any atom is -0.479 e. The van der Waals surface area contributed by atoms with Gasteiger partial charge in [0.1, 0.15) is 0 Å². The molecule has 0 fully saturated rings. The van der Waals surface area contributed by atoms with Crippen LogP contribution < -0.4 is 15.2 Å². The van der Waals surface area contributed by atoms with Crippen LogP contribution in [0.5, 0.6) is 5.88 Å². The molecule has 10 heteroatoms. The first-order valence-corrected chi connectivity index (χ1v) is 11.1. The summed E-state index contributed by atoms with van der Waals surface area (Å²) in [6.45, 7) is 3.90. The van der Waals surface area contributed by atoms with Crippen molar-refractivity contribution in [3.8, 4) is 5.88 Å². The molecule has 0 unspecified atom stereocenters. The van der Waals surface area contributed by atoms with E-state index in [0.29, 0.717) is 23.6 Å². The van der Waals surface area contributed by atoms with E-state index in [1.54, 1.807) is 36.1 Å². The molecule has 160 valence electrons. The highest BCUT2D eigenvalue weighted by Crippen LogP contribution is 2.30. The van der Waals surface area contributed by atoms with Gasteiger partial charge in [0.2, 0.25) is 21.8 Å². The van der Waals surface area contributed by atoms with Crippen LogP contribution in [0.25, 0.3) is 11.0 Å². The van der Waals surface area contributed by atoms with E-state index in [-0.39, 0.29) is 18.1 Å². The van der Waals surface area contributed by atoms with Crippen LogP contribution in [-0.2, 0) is 34.0 Å². The van der Waals surface area contributed by atoms with Crippen molar-refractivity contribution in [2.45, 2.75) is 32.4 Å². The standard InChI is InChI=1S/C20H25N5O4S/c1-12-16(13(2)22-19-18(12)20(29-4)24-25(19)3)9-10-17(26)23-15-7-5-14(6-8-15)11-30(21,27)28/h5-8H,9-11H2,1-4H3,(H,23,26)(H2,21,27,28). The summed E-state index contributed by atoms with van der Waals surface area (Å²) in [4.78, 5) is 17.1. The number of amides is 1. The lowest BCUT2D eigenvalue weighted by molar-refractivity contribution is -0.116. The van der Waals surface area contributed by atoms with E-state index in [9.17, 15) is 13.2 Å². The zero-order valence-electron chi connectivity index (χ0n) is 17.4. The Bertz CT molecular complexity index is 1200. The molecule has 3 N–H and O–H groups in total. The van der Waals surface area contributed by atoms with Gasteiger partial charge in [-0.1, -0.05) is 12.1 Å². The molecular weight excluding hydrogens is 406 g/mol. The topological polar surface area (TPSA) is 129 Å². The predicted octanol–water partition coefficient (Wildman–Crippen LogP) is 1.95. The lowest BCUT2D eigenvalue weighted by Crippen LogP contribution is -2.15. The van der Waals surface area contributed by atoms with E-state index in [1.807, 2.05) is 20.9 Å². The van der Waals surface area contributed by atoms with Crippen LogP contribution in [0.4, 0.5) is 5.69 Å². The Balaban J connectivity index is 1.71. The maximum atomic E-state index is 12.4. The molecule has 3 aromatic rings. The van der Waals surface area contributed by atoms with Crippen LogP contribution in [0.1, 0.15) is 28.8 Å². The second kappa shape index (κ2) is 8.41. The Morgan fingerprint density at radius 1 is 1.23 bits per heavy atom. The van der Waals surface area contributed by atoms with E-state index in [0.717, 1.165) is 27.9 Å². The zero-order chi connectivity index (χ0) is 22.1. The summed E-state index contributed by atoms with van der Waals surface area (Å²) in [7, 11) is -0.199.